The van der Waals surface area contributed by atoms with E-state index in [0.717, 1.165) is 17.0 Å². The molecule has 2 N–H and O–H groups in total. The molecule has 1 aliphatic heterocycles. The molecule has 1 amide bonds. The molecular formula is C28H26Cl2N2O5. The summed E-state index contributed by atoms with van der Waals surface area (Å²) < 4.78 is 12.0. The fraction of sp³-hybridized carbons (Fsp3) is 0.286. The van der Waals surface area contributed by atoms with Gasteiger partial charge in [-0.3, -0.25) is 9.59 Å². The van der Waals surface area contributed by atoms with Gasteiger partial charge in [-0.05, 0) is 79.4 Å². The highest BCUT2D eigenvalue weighted by molar-refractivity contribution is 6.34. The van der Waals surface area contributed by atoms with Crippen molar-refractivity contribution in [1.82, 2.24) is 0 Å². The summed E-state index contributed by atoms with van der Waals surface area (Å²) in [6, 6.07) is 15.8. The number of aryl methyl sites for hydroxylation is 1. The van der Waals surface area contributed by atoms with E-state index >= 15 is 0 Å². The van der Waals surface area contributed by atoms with E-state index in [2.05, 4.69) is 16.3 Å². The maximum atomic E-state index is 12.9. The molecule has 3 aromatic carbocycles. The summed E-state index contributed by atoms with van der Waals surface area (Å²) in [6.07, 6.45) is 0.911. The summed E-state index contributed by atoms with van der Waals surface area (Å²) in [5, 5.41) is 12.9. The van der Waals surface area contributed by atoms with Gasteiger partial charge in [0.25, 0.3) is 5.91 Å². The summed E-state index contributed by atoms with van der Waals surface area (Å²) in [6.45, 7) is 3.01. The number of carboxylic acids is 1. The molecule has 9 heteroatoms. The number of fused-ring (bicyclic) bond motifs is 1. The molecule has 0 spiro atoms. The van der Waals surface area contributed by atoms with Crippen LogP contribution in [0, 0.1) is 6.92 Å². The van der Waals surface area contributed by atoms with E-state index in [0.29, 0.717) is 48.0 Å². The number of amides is 1. The van der Waals surface area contributed by atoms with Crippen LogP contribution in [0.1, 0.15) is 34.3 Å². The molecule has 5 rings (SSSR count). The van der Waals surface area contributed by atoms with Crippen molar-refractivity contribution in [3.8, 4) is 11.5 Å². The van der Waals surface area contributed by atoms with Gasteiger partial charge in [-0.2, -0.15) is 0 Å². The summed E-state index contributed by atoms with van der Waals surface area (Å²) in [4.78, 5) is 26.8. The fourth-order valence-corrected chi connectivity index (χ4v) is 5.08. The van der Waals surface area contributed by atoms with Crippen LogP contribution in [0.25, 0.3) is 0 Å². The molecule has 3 aromatic rings. The first-order valence-corrected chi connectivity index (χ1v) is 12.7. The zero-order valence-corrected chi connectivity index (χ0v) is 21.9. The molecule has 2 aliphatic rings. The SMILES string of the molecule is Cc1ccc2c(c1)O[C@H](COc1ccc(C(=O)Nc3cc(Cl)cc(C4(C(=O)O)CC4)c3)c(Cl)c1)CN2C. The van der Waals surface area contributed by atoms with Crippen LogP contribution in [-0.2, 0) is 10.2 Å². The number of halogens is 2. The molecule has 1 saturated carbocycles. The van der Waals surface area contributed by atoms with Gasteiger partial charge in [0.2, 0.25) is 0 Å². The molecule has 1 heterocycles. The van der Waals surface area contributed by atoms with E-state index in [4.69, 9.17) is 32.7 Å². The Kier molecular flexibility index (Phi) is 6.68. The van der Waals surface area contributed by atoms with Crippen LogP contribution >= 0.6 is 23.2 Å². The highest BCUT2D eigenvalue weighted by Crippen LogP contribution is 2.49. The van der Waals surface area contributed by atoms with Crippen molar-refractivity contribution in [1.29, 1.82) is 0 Å². The van der Waals surface area contributed by atoms with E-state index in [9.17, 15) is 14.7 Å². The number of nitrogens with zero attached hydrogens (tertiary/aromatic N) is 1. The lowest BCUT2D eigenvalue weighted by atomic mass is 9.95. The first kappa shape index (κ1) is 25.2. The number of carbonyl (C=O) groups excluding carboxylic acids is 1. The van der Waals surface area contributed by atoms with Crippen molar-refractivity contribution in [3.05, 3.63) is 81.3 Å². The monoisotopic (exact) mass is 540 g/mol. The number of hydrogen-bond donors (Lipinski definition) is 2. The molecule has 0 aromatic heterocycles. The second-order valence-electron chi connectivity index (χ2n) is 9.61. The number of aliphatic carboxylic acids is 1. The number of nitrogens with one attached hydrogen (secondary N) is 1. The van der Waals surface area contributed by atoms with Crippen molar-refractivity contribution in [2.24, 2.45) is 0 Å². The van der Waals surface area contributed by atoms with Crippen molar-refractivity contribution in [2.45, 2.75) is 31.3 Å². The lowest BCUT2D eigenvalue weighted by Gasteiger charge is -2.33. The van der Waals surface area contributed by atoms with Crippen LogP contribution in [0.15, 0.2) is 54.6 Å². The molecule has 0 radical (unpaired) electrons. The Hall–Kier alpha value is -3.42. The number of benzene rings is 3. The standard InChI is InChI=1S/C28H26Cl2N2O5/c1-16-3-6-24-25(9-16)37-21(14-32(24)2)15-36-20-4-5-22(23(30)13-20)26(33)31-19-11-17(10-18(29)12-19)28(7-8-28)27(34)35/h3-6,9-13,21H,7-8,14-15H2,1-2H3,(H,31,33)(H,34,35)/t21-/m0/s1. The Morgan fingerprint density at radius 1 is 1.14 bits per heavy atom. The van der Waals surface area contributed by atoms with E-state index in [1.165, 1.54) is 0 Å². The minimum absolute atomic E-state index is 0.168. The average molecular weight is 541 g/mol. The highest BCUT2D eigenvalue weighted by atomic mass is 35.5. The third-order valence-corrected chi connectivity index (χ3v) is 7.32. The predicted molar refractivity (Wildman–Crippen MR) is 144 cm³/mol. The van der Waals surface area contributed by atoms with Crippen molar-refractivity contribution in [3.63, 3.8) is 0 Å². The molecule has 1 atom stereocenters. The highest BCUT2D eigenvalue weighted by Gasteiger charge is 2.52. The smallest absolute Gasteiger partial charge is 0.314 e. The lowest BCUT2D eigenvalue weighted by molar-refractivity contribution is -0.140. The summed E-state index contributed by atoms with van der Waals surface area (Å²) in [5.41, 5.74) is 2.47. The summed E-state index contributed by atoms with van der Waals surface area (Å²) in [5.74, 6) is 0.0157. The Labute approximate surface area is 224 Å². The largest absolute Gasteiger partial charge is 0.490 e. The normalized spacial score (nSPS) is 17.4. The minimum Gasteiger partial charge on any atom is -0.490 e. The van der Waals surface area contributed by atoms with Gasteiger partial charge < -0.3 is 24.8 Å². The van der Waals surface area contributed by atoms with Crippen molar-refractivity contribution < 1.29 is 24.2 Å². The minimum atomic E-state index is -0.932. The number of hydrogen-bond acceptors (Lipinski definition) is 5. The van der Waals surface area contributed by atoms with Gasteiger partial charge in [0.1, 0.15) is 24.2 Å². The van der Waals surface area contributed by atoms with Gasteiger partial charge in [0.05, 0.1) is 28.2 Å². The maximum absolute atomic E-state index is 12.9. The van der Waals surface area contributed by atoms with Crippen LogP contribution in [0.4, 0.5) is 11.4 Å². The van der Waals surface area contributed by atoms with Gasteiger partial charge in [0.15, 0.2) is 0 Å². The van der Waals surface area contributed by atoms with Gasteiger partial charge in [0, 0.05) is 17.8 Å². The van der Waals surface area contributed by atoms with Gasteiger partial charge in [-0.15, -0.1) is 0 Å². The van der Waals surface area contributed by atoms with E-state index in [-0.39, 0.29) is 16.7 Å². The topological polar surface area (TPSA) is 88.1 Å². The summed E-state index contributed by atoms with van der Waals surface area (Å²) >= 11 is 12.6. The first-order chi connectivity index (χ1) is 17.6. The van der Waals surface area contributed by atoms with Crippen LogP contribution in [0.2, 0.25) is 10.0 Å². The average Bonchev–Trinajstić information content (AvgIpc) is 3.64. The maximum Gasteiger partial charge on any atom is 0.314 e. The van der Waals surface area contributed by atoms with Crippen LogP contribution in [0.3, 0.4) is 0 Å². The molecule has 37 heavy (non-hydrogen) atoms. The Morgan fingerprint density at radius 2 is 1.92 bits per heavy atom. The third kappa shape index (κ3) is 5.20. The molecule has 192 valence electrons. The number of anilines is 2. The second-order valence-corrected chi connectivity index (χ2v) is 10.5. The van der Waals surface area contributed by atoms with Crippen molar-refractivity contribution >= 4 is 46.5 Å². The Balaban J connectivity index is 1.24. The van der Waals surface area contributed by atoms with Crippen LogP contribution in [-0.4, -0.2) is 43.3 Å². The van der Waals surface area contributed by atoms with Gasteiger partial charge >= 0.3 is 5.97 Å². The zero-order valence-electron chi connectivity index (χ0n) is 20.4. The molecule has 0 unspecified atom stereocenters. The quantitative estimate of drug-likeness (QED) is 0.385. The molecule has 1 aliphatic carbocycles. The fourth-order valence-electron chi connectivity index (χ4n) is 4.58. The number of rotatable bonds is 7. The molecule has 7 nitrogen and oxygen atoms in total. The zero-order chi connectivity index (χ0) is 26.3. The van der Waals surface area contributed by atoms with E-state index in [1.807, 2.05) is 26.1 Å². The second kappa shape index (κ2) is 9.80. The Morgan fingerprint density at radius 3 is 2.62 bits per heavy atom. The lowest BCUT2D eigenvalue weighted by Crippen LogP contribution is -2.41. The number of likely N-dealkylation sites (N-methyl/N-ethyl adjacent to an activating group) is 1. The van der Waals surface area contributed by atoms with E-state index in [1.54, 1.807) is 36.4 Å². The third-order valence-electron chi connectivity index (χ3n) is 6.79. The number of carboxylic acid groups (broad SMARTS) is 1. The summed E-state index contributed by atoms with van der Waals surface area (Å²) in [7, 11) is 2.02. The molecule has 0 saturated heterocycles. The first-order valence-electron chi connectivity index (χ1n) is 11.9. The van der Waals surface area contributed by atoms with Crippen LogP contribution in [0.5, 0.6) is 11.5 Å². The van der Waals surface area contributed by atoms with Crippen molar-refractivity contribution in [2.75, 3.05) is 30.4 Å². The number of carbonyl (C=O) groups is 2. The Bertz CT molecular complexity index is 1390. The van der Waals surface area contributed by atoms with Gasteiger partial charge in [-0.25, -0.2) is 0 Å². The molecule has 0 bridgehead atoms. The van der Waals surface area contributed by atoms with E-state index < -0.39 is 17.3 Å². The molecule has 1 fully saturated rings. The van der Waals surface area contributed by atoms with Gasteiger partial charge in [-0.1, -0.05) is 29.3 Å². The molecular weight excluding hydrogens is 515 g/mol. The predicted octanol–water partition coefficient (Wildman–Crippen LogP) is 5.95. The number of ether oxygens (including phenoxy) is 2. The van der Waals surface area contributed by atoms with Crippen LogP contribution < -0.4 is 19.7 Å².